The summed E-state index contributed by atoms with van der Waals surface area (Å²) < 4.78 is 32.9. The van der Waals surface area contributed by atoms with Gasteiger partial charge in [-0.2, -0.15) is 0 Å². The number of benzene rings is 2. The van der Waals surface area contributed by atoms with Crippen molar-refractivity contribution < 1.29 is 22.7 Å². The number of hydrogen-bond donors (Lipinski definition) is 2. The molecule has 0 saturated carbocycles. The molecule has 0 radical (unpaired) electrons. The van der Waals surface area contributed by atoms with Gasteiger partial charge in [0.05, 0.1) is 4.90 Å². The number of aryl methyl sites for hydroxylation is 2. The summed E-state index contributed by atoms with van der Waals surface area (Å²) in [7, 11) is -2.13. The minimum atomic E-state index is -3.74. The van der Waals surface area contributed by atoms with Gasteiger partial charge >= 0.3 is 0 Å². The van der Waals surface area contributed by atoms with Crippen LogP contribution in [0.2, 0.25) is 0 Å². The Morgan fingerprint density at radius 1 is 1.09 bits per heavy atom. The van der Waals surface area contributed by atoms with Gasteiger partial charge in [0.25, 0.3) is 15.9 Å². The third kappa shape index (κ3) is 6.11. The van der Waals surface area contributed by atoms with Crippen LogP contribution in [0.25, 0.3) is 0 Å². The predicted molar refractivity (Wildman–Crippen MR) is 127 cm³/mol. The average molecular weight is 474 g/mol. The SMILES string of the molecule is COCCCNC(=O)[C@@H]1CCCN1C(=O)c1ccc(NS(=O)(=O)c2ccc(C)c(C)c2)cc1. The van der Waals surface area contributed by atoms with E-state index in [1.165, 1.54) is 0 Å². The van der Waals surface area contributed by atoms with Crippen molar-refractivity contribution in [3.8, 4) is 0 Å². The molecule has 9 heteroatoms. The van der Waals surface area contributed by atoms with Gasteiger partial charge in [0, 0.05) is 38.1 Å². The van der Waals surface area contributed by atoms with E-state index in [0.717, 1.165) is 17.5 Å². The van der Waals surface area contributed by atoms with Crippen molar-refractivity contribution in [2.24, 2.45) is 0 Å². The lowest BCUT2D eigenvalue weighted by Crippen LogP contribution is -2.46. The van der Waals surface area contributed by atoms with Crippen molar-refractivity contribution >= 4 is 27.5 Å². The van der Waals surface area contributed by atoms with Gasteiger partial charge in [0.2, 0.25) is 5.91 Å². The number of nitrogens with one attached hydrogen (secondary N) is 2. The summed E-state index contributed by atoms with van der Waals surface area (Å²) in [5.74, 6) is -0.400. The summed E-state index contributed by atoms with van der Waals surface area (Å²) >= 11 is 0. The summed E-state index contributed by atoms with van der Waals surface area (Å²) in [6, 6.07) is 10.7. The molecule has 2 aromatic carbocycles. The van der Waals surface area contributed by atoms with E-state index in [1.807, 2.05) is 13.8 Å². The van der Waals surface area contributed by atoms with Gasteiger partial charge in [0.1, 0.15) is 6.04 Å². The monoisotopic (exact) mass is 473 g/mol. The lowest BCUT2D eigenvalue weighted by molar-refractivity contribution is -0.124. The Labute approximate surface area is 195 Å². The van der Waals surface area contributed by atoms with Crippen molar-refractivity contribution in [1.82, 2.24) is 10.2 Å². The van der Waals surface area contributed by atoms with Crippen molar-refractivity contribution in [3.63, 3.8) is 0 Å². The number of rotatable bonds is 9. The molecule has 8 nitrogen and oxygen atoms in total. The van der Waals surface area contributed by atoms with Crippen LogP contribution in [0.15, 0.2) is 47.4 Å². The van der Waals surface area contributed by atoms with E-state index < -0.39 is 16.1 Å². The molecule has 1 aliphatic rings. The Kier molecular flexibility index (Phi) is 8.10. The fourth-order valence-corrected chi connectivity index (χ4v) is 4.91. The molecule has 1 atom stereocenters. The first-order valence-electron chi connectivity index (χ1n) is 11.0. The maximum absolute atomic E-state index is 13.0. The summed E-state index contributed by atoms with van der Waals surface area (Å²) in [6.45, 7) is 5.36. The van der Waals surface area contributed by atoms with Gasteiger partial charge in [0.15, 0.2) is 0 Å². The van der Waals surface area contributed by atoms with E-state index in [0.29, 0.717) is 43.8 Å². The second-order valence-corrected chi connectivity index (χ2v) is 9.91. The highest BCUT2D eigenvalue weighted by Crippen LogP contribution is 2.23. The molecule has 0 spiro atoms. The topological polar surface area (TPSA) is 105 Å². The maximum Gasteiger partial charge on any atom is 0.261 e. The van der Waals surface area contributed by atoms with E-state index in [-0.39, 0.29) is 16.7 Å². The van der Waals surface area contributed by atoms with Gasteiger partial charge in [-0.25, -0.2) is 8.42 Å². The summed E-state index contributed by atoms with van der Waals surface area (Å²) in [5, 5.41) is 2.86. The Balaban J connectivity index is 1.65. The molecule has 3 rings (SSSR count). The largest absolute Gasteiger partial charge is 0.385 e. The zero-order chi connectivity index (χ0) is 24.0. The van der Waals surface area contributed by atoms with E-state index in [4.69, 9.17) is 4.74 Å². The molecule has 178 valence electrons. The lowest BCUT2D eigenvalue weighted by atomic mass is 10.1. The van der Waals surface area contributed by atoms with Gasteiger partial charge in [-0.1, -0.05) is 6.07 Å². The molecule has 1 aliphatic heterocycles. The molecule has 2 amide bonds. The van der Waals surface area contributed by atoms with E-state index >= 15 is 0 Å². The molecule has 1 fully saturated rings. The maximum atomic E-state index is 13.0. The average Bonchev–Trinajstić information content (AvgIpc) is 3.28. The first kappa shape index (κ1) is 24.7. The van der Waals surface area contributed by atoms with E-state index in [1.54, 1.807) is 54.5 Å². The van der Waals surface area contributed by atoms with Crippen LogP contribution < -0.4 is 10.0 Å². The molecule has 0 bridgehead atoms. The first-order chi connectivity index (χ1) is 15.7. The summed E-state index contributed by atoms with van der Waals surface area (Å²) in [4.78, 5) is 27.3. The van der Waals surface area contributed by atoms with Crippen molar-refractivity contribution in [2.45, 2.75) is 44.0 Å². The van der Waals surface area contributed by atoms with Crippen LogP contribution in [0, 0.1) is 13.8 Å². The molecule has 0 aliphatic carbocycles. The molecular weight excluding hydrogens is 442 g/mol. The Hall–Kier alpha value is -2.91. The number of amides is 2. The van der Waals surface area contributed by atoms with Crippen LogP contribution in [-0.2, 0) is 19.6 Å². The minimum absolute atomic E-state index is 0.158. The van der Waals surface area contributed by atoms with Gasteiger partial charge < -0.3 is 15.0 Å². The Bertz CT molecular complexity index is 1100. The standard InChI is InChI=1S/C24H31N3O5S/c1-17-7-12-21(16-18(17)2)33(30,31)26-20-10-8-19(9-11-20)24(29)27-14-4-6-22(27)23(28)25-13-5-15-32-3/h7-12,16,22,26H,4-6,13-15H2,1-3H3,(H,25,28)/t22-/m0/s1. The van der Waals surface area contributed by atoms with Gasteiger partial charge in [-0.15, -0.1) is 0 Å². The normalized spacial score (nSPS) is 16.0. The second-order valence-electron chi connectivity index (χ2n) is 8.22. The third-order valence-electron chi connectivity index (χ3n) is 5.81. The fourth-order valence-electron chi connectivity index (χ4n) is 3.77. The number of likely N-dealkylation sites (tertiary alicyclic amines) is 1. The number of methoxy groups -OCH3 is 1. The summed E-state index contributed by atoms with van der Waals surface area (Å²) in [5.41, 5.74) is 2.67. The number of ether oxygens (including phenoxy) is 1. The smallest absolute Gasteiger partial charge is 0.261 e. The zero-order valence-corrected chi connectivity index (χ0v) is 20.1. The van der Waals surface area contributed by atoms with Gasteiger partial charge in [-0.05, 0) is 80.6 Å². The van der Waals surface area contributed by atoms with Crippen LogP contribution in [-0.4, -0.2) is 58.0 Å². The first-order valence-corrected chi connectivity index (χ1v) is 12.5. The number of nitrogens with zero attached hydrogens (tertiary/aromatic N) is 1. The number of hydrogen-bond acceptors (Lipinski definition) is 5. The number of sulfonamides is 1. The van der Waals surface area contributed by atoms with Crippen LogP contribution in [0.5, 0.6) is 0 Å². The van der Waals surface area contributed by atoms with Crippen LogP contribution >= 0.6 is 0 Å². The molecule has 0 aromatic heterocycles. The van der Waals surface area contributed by atoms with Gasteiger partial charge in [-0.3, -0.25) is 14.3 Å². The van der Waals surface area contributed by atoms with Crippen LogP contribution in [0.1, 0.15) is 40.7 Å². The van der Waals surface area contributed by atoms with E-state index in [9.17, 15) is 18.0 Å². The number of carbonyl (C=O) groups excluding carboxylic acids is 2. The molecule has 2 N–H and O–H groups in total. The van der Waals surface area contributed by atoms with Crippen molar-refractivity contribution in [1.29, 1.82) is 0 Å². The van der Waals surface area contributed by atoms with Crippen LogP contribution in [0.4, 0.5) is 5.69 Å². The molecule has 2 aromatic rings. The number of anilines is 1. The molecule has 33 heavy (non-hydrogen) atoms. The minimum Gasteiger partial charge on any atom is -0.385 e. The fraction of sp³-hybridized carbons (Fsp3) is 0.417. The van der Waals surface area contributed by atoms with Crippen molar-refractivity contribution in [3.05, 3.63) is 59.2 Å². The predicted octanol–water partition coefficient (Wildman–Crippen LogP) is 2.86. The Morgan fingerprint density at radius 3 is 2.48 bits per heavy atom. The number of carbonyl (C=O) groups is 2. The zero-order valence-electron chi connectivity index (χ0n) is 19.3. The third-order valence-corrected chi connectivity index (χ3v) is 7.19. The highest BCUT2D eigenvalue weighted by atomic mass is 32.2. The van der Waals surface area contributed by atoms with E-state index in [2.05, 4.69) is 10.0 Å². The molecule has 1 heterocycles. The Morgan fingerprint density at radius 2 is 1.82 bits per heavy atom. The molecule has 0 unspecified atom stereocenters. The van der Waals surface area contributed by atoms with Crippen molar-refractivity contribution in [2.75, 3.05) is 31.5 Å². The highest BCUT2D eigenvalue weighted by molar-refractivity contribution is 7.92. The summed E-state index contributed by atoms with van der Waals surface area (Å²) in [6.07, 6.45) is 2.09. The highest BCUT2D eigenvalue weighted by Gasteiger charge is 2.34. The quantitative estimate of drug-likeness (QED) is 0.545. The van der Waals surface area contributed by atoms with Crippen LogP contribution in [0.3, 0.4) is 0 Å². The molecular formula is C24H31N3O5S. The molecule has 1 saturated heterocycles. The second kappa shape index (κ2) is 10.8. The lowest BCUT2D eigenvalue weighted by Gasteiger charge is -2.24.